The number of urea groups is 1. The molecule has 1 fully saturated rings. The van der Waals surface area contributed by atoms with Gasteiger partial charge in [-0.1, -0.05) is 23.5 Å². The van der Waals surface area contributed by atoms with Gasteiger partial charge in [-0.15, -0.1) is 0 Å². The third kappa shape index (κ3) is 3.82. The standard InChI is InChI=1S/C20H22N4O3S/c1-26-15-11-14(12-16(13-15)27-2)21-19(25)23-7-9-24(10-8-23)20-22-17-5-3-4-6-18(17)28-20/h3-6,11-13H,7-10H2,1-2H3,(H,21,25). The highest BCUT2D eigenvalue weighted by Crippen LogP contribution is 2.29. The van der Waals surface area contributed by atoms with Crippen LogP contribution in [0.5, 0.6) is 11.5 Å². The van der Waals surface area contributed by atoms with E-state index in [2.05, 4.69) is 16.3 Å². The number of piperazine rings is 1. The summed E-state index contributed by atoms with van der Waals surface area (Å²) in [6, 6.07) is 13.3. The molecule has 0 radical (unpaired) electrons. The topological polar surface area (TPSA) is 66.9 Å². The van der Waals surface area contributed by atoms with Crippen molar-refractivity contribution in [3.8, 4) is 11.5 Å². The molecular formula is C20H22N4O3S. The summed E-state index contributed by atoms with van der Waals surface area (Å²) in [6.45, 7) is 2.80. The number of amides is 2. The fourth-order valence-corrected chi connectivity index (χ4v) is 4.20. The Morgan fingerprint density at radius 1 is 1.04 bits per heavy atom. The number of aromatic nitrogens is 1. The second-order valence-corrected chi connectivity index (χ2v) is 7.48. The molecule has 0 atom stereocenters. The molecule has 1 aliphatic rings. The molecule has 7 nitrogen and oxygen atoms in total. The average molecular weight is 398 g/mol. The van der Waals surface area contributed by atoms with E-state index >= 15 is 0 Å². The molecule has 0 aliphatic carbocycles. The lowest BCUT2D eigenvalue weighted by Gasteiger charge is -2.34. The summed E-state index contributed by atoms with van der Waals surface area (Å²) in [4.78, 5) is 21.4. The molecule has 0 bridgehead atoms. The predicted octanol–water partition coefficient (Wildman–Crippen LogP) is 3.67. The molecule has 2 aromatic carbocycles. The van der Waals surface area contributed by atoms with Crippen LogP contribution >= 0.6 is 11.3 Å². The van der Waals surface area contributed by atoms with E-state index in [0.29, 0.717) is 30.3 Å². The number of ether oxygens (including phenoxy) is 2. The number of rotatable bonds is 4. The molecule has 1 aromatic heterocycles. The van der Waals surface area contributed by atoms with E-state index in [1.165, 1.54) is 4.70 Å². The van der Waals surface area contributed by atoms with Crippen molar-refractivity contribution in [3.05, 3.63) is 42.5 Å². The first-order chi connectivity index (χ1) is 13.7. The first kappa shape index (κ1) is 18.4. The average Bonchev–Trinajstić information content (AvgIpc) is 3.17. The minimum absolute atomic E-state index is 0.126. The molecule has 4 rings (SSSR count). The minimum atomic E-state index is -0.126. The molecular weight excluding hydrogens is 376 g/mol. The smallest absolute Gasteiger partial charge is 0.321 e. The van der Waals surface area contributed by atoms with Gasteiger partial charge in [0, 0.05) is 50.1 Å². The van der Waals surface area contributed by atoms with Crippen molar-refractivity contribution < 1.29 is 14.3 Å². The number of carbonyl (C=O) groups is 1. The third-order valence-corrected chi connectivity index (χ3v) is 5.82. The maximum atomic E-state index is 12.7. The van der Waals surface area contributed by atoms with E-state index in [9.17, 15) is 4.79 Å². The van der Waals surface area contributed by atoms with Gasteiger partial charge in [-0.3, -0.25) is 0 Å². The number of methoxy groups -OCH3 is 2. The number of anilines is 2. The van der Waals surface area contributed by atoms with Crippen LogP contribution in [0.3, 0.4) is 0 Å². The van der Waals surface area contributed by atoms with Crippen molar-refractivity contribution in [3.63, 3.8) is 0 Å². The quantitative estimate of drug-likeness (QED) is 0.726. The summed E-state index contributed by atoms with van der Waals surface area (Å²) in [5.41, 5.74) is 1.67. The lowest BCUT2D eigenvalue weighted by Crippen LogP contribution is -2.50. The molecule has 2 amide bonds. The monoisotopic (exact) mass is 398 g/mol. The Morgan fingerprint density at radius 3 is 2.36 bits per heavy atom. The SMILES string of the molecule is COc1cc(NC(=O)N2CCN(c3nc4ccccc4s3)CC2)cc(OC)c1. The first-order valence-electron chi connectivity index (χ1n) is 9.06. The second-order valence-electron chi connectivity index (χ2n) is 6.47. The lowest BCUT2D eigenvalue weighted by atomic mass is 10.2. The van der Waals surface area contributed by atoms with Crippen LogP contribution in [0.1, 0.15) is 0 Å². The molecule has 2 heterocycles. The fraction of sp³-hybridized carbons (Fsp3) is 0.300. The highest BCUT2D eigenvalue weighted by atomic mass is 32.1. The van der Waals surface area contributed by atoms with Gasteiger partial charge in [-0.05, 0) is 12.1 Å². The van der Waals surface area contributed by atoms with Gasteiger partial charge in [0.05, 0.1) is 24.4 Å². The van der Waals surface area contributed by atoms with E-state index in [4.69, 9.17) is 14.5 Å². The number of nitrogens with one attached hydrogen (secondary N) is 1. The second kappa shape index (κ2) is 7.93. The maximum Gasteiger partial charge on any atom is 0.321 e. The zero-order valence-electron chi connectivity index (χ0n) is 15.8. The number of fused-ring (bicyclic) bond motifs is 1. The summed E-state index contributed by atoms with van der Waals surface area (Å²) in [5, 5.41) is 3.95. The van der Waals surface area contributed by atoms with Gasteiger partial charge in [-0.25, -0.2) is 9.78 Å². The van der Waals surface area contributed by atoms with E-state index in [1.54, 1.807) is 43.8 Å². The molecule has 3 aromatic rings. The van der Waals surface area contributed by atoms with Gasteiger partial charge < -0.3 is 24.6 Å². The molecule has 1 N–H and O–H groups in total. The van der Waals surface area contributed by atoms with Crippen molar-refractivity contribution in [1.82, 2.24) is 9.88 Å². The van der Waals surface area contributed by atoms with Gasteiger partial charge in [0.1, 0.15) is 11.5 Å². The summed E-state index contributed by atoms with van der Waals surface area (Å²) in [7, 11) is 3.17. The summed E-state index contributed by atoms with van der Waals surface area (Å²) in [6.07, 6.45) is 0. The maximum absolute atomic E-state index is 12.7. The molecule has 0 spiro atoms. The molecule has 0 unspecified atom stereocenters. The summed E-state index contributed by atoms with van der Waals surface area (Å²) >= 11 is 1.69. The van der Waals surface area contributed by atoms with E-state index in [0.717, 1.165) is 23.7 Å². The number of para-hydroxylation sites is 1. The summed E-state index contributed by atoms with van der Waals surface area (Å²) in [5.74, 6) is 1.27. The van der Waals surface area contributed by atoms with Crippen LogP contribution in [-0.4, -0.2) is 56.3 Å². The highest BCUT2D eigenvalue weighted by Gasteiger charge is 2.23. The van der Waals surface area contributed by atoms with Crippen molar-refractivity contribution in [2.75, 3.05) is 50.6 Å². The lowest BCUT2D eigenvalue weighted by molar-refractivity contribution is 0.208. The van der Waals surface area contributed by atoms with E-state index in [-0.39, 0.29) is 6.03 Å². The molecule has 8 heteroatoms. The van der Waals surface area contributed by atoms with Crippen LogP contribution in [0.2, 0.25) is 0 Å². The van der Waals surface area contributed by atoms with Gasteiger partial charge >= 0.3 is 6.03 Å². The van der Waals surface area contributed by atoms with Crippen LogP contribution in [0.15, 0.2) is 42.5 Å². The van der Waals surface area contributed by atoms with Crippen LogP contribution in [-0.2, 0) is 0 Å². The van der Waals surface area contributed by atoms with Crippen LogP contribution in [0, 0.1) is 0 Å². The minimum Gasteiger partial charge on any atom is -0.497 e. The van der Waals surface area contributed by atoms with Crippen molar-refractivity contribution in [2.24, 2.45) is 0 Å². The Balaban J connectivity index is 1.38. The summed E-state index contributed by atoms with van der Waals surface area (Å²) < 4.78 is 11.7. The Morgan fingerprint density at radius 2 is 1.71 bits per heavy atom. The molecule has 1 aliphatic heterocycles. The number of nitrogens with zero attached hydrogens (tertiary/aromatic N) is 3. The fourth-order valence-electron chi connectivity index (χ4n) is 3.18. The van der Waals surface area contributed by atoms with E-state index in [1.807, 2.05) is 23.1 Å². The molecule has 0 saturated carbocycles. The third-order valence-electron chi connectivity index (χ3n) is 4.72. The highest BCUT2D eigenvalue weighted by molar-refractivity contribution is 7.22. The van der Waals surface area contributed by atoms with Gasteiger partial charge in [-0.2, -0.15) is 0 Å². The zero-order chi connectivity index (χ0) is 19.5. The normalized spacial score (nSPS) is 14.2. The van der Waals surface area contributed by atoms with Gasteiger partial charge in [0.2, 0.25) is 0 Å². The molecule has 146 valence electrons. The number of carbonyl (C=O) groups excluding carboxylic acids is 1. The number of benzene rings is 2. The number of hydrogen-bond acceptors (Lipinski definition) is 6. The number of hydrogen-bond donors (Lipinski definition) is 1. The van der Waals surface area contributed by atoms with Crippen molar-refractivity contribution >= 4 is 38.4 Å². The van der Waals surface area contributed by atoms with Gasteiger partial charge in [0.15, 0.2) is 5.13 Å². The predicted molar refractivity (Wildman–Crippen MR) is 112 cm³/mol. The zero-order valence-corrected chi connectivity index (χ0v) is 16.7. The molecule has 28 heavy (non-hydrogen) atoms. The Hall–Kier alpha value is -3.00. The van der Waals surface area contributed by atoms with E-state index < -0.39 is 0 Å². The Labute approximate surface area is 167 Å². The van der Waals surface area contributed by atoms with Crippen LogP contribution in [0.25, 0.3) is 10.2 Å². The van der Waals surface area contributed by atoms with Crippen LogP contribution in [0.4, 0.5) is 15.6 Å². The molecule has 1 saturated heterocycles. The van der Waals surface area contributed by atoms with Gasteiger partial charge in [0.25, 0.3) is 0 Å². The largest absolute Gasteiger partial charge is 0.497 e. The Kier molecular flexibility index (Phi) is 5.21. The first-order valence-corrected chi connectivity index (χ1v) is 9.87. The number of thiazole rings is 1. The van der Waals surface area contributed by atoms with Crippen LogP contribution < -0.4 is 19.7 Å². The van der Waals surface area contributed by atoms with Crippen molar-refractivity contribution in [1.29, 1.82) is 0 Å². The Bertz CT molecular complexity index is 927. The van der Waals surface area contributed by atoms with Crippen molar-refractivity contribution in [2.45, 2.75) is 0 Å².